The summed E-state index contributed by atoms with van der Waals surface area (Å²) < 4.78 is 0. The molecule has 21 heavy (non-hydrogen) atoms. The van der Waals surface area contributed by atoms with E-state index in [0.29, 0.717) is 11.5 Å². The van der Waals surface area contributed by atoms with Crippen LogP contribution in [0.1, 0.15) is 58.8 Å². The zero-order valence-electron chi connectivity index (χ0n) is 14.8. The van der Waals surface area contributed by atoms with Crippen molar-refractivity contribution in [1.29, 1.82) is 0 Å². The highest BCUT2D eigenvalue weighted by Crippen LogP contribution is 2.37. The normalized spacial score (nSPS) is 24.9. The van der Waals surface area contributed by atoms with E-state index in [-0.39, 0.29) is 0 Å². The number of nitrogens with one attached hydrogen (secondary N) is 1. The van der Waals surface area contributed by atoms with Crippen molar-refractivity contribution in [2.45, 2.75) is 70.9 Å². The van der Waals surface area contributed by atoms with E-state index in [2.05, 4.69) is 43.1 Å². The van der Waals surface area contributed by atoms with E-state index in [4.69, 9.17) is 0 Å². The topological polar surface area (TPSA) is 18.5 Å². The summed E-state index contributed by atoms with van der Waals surface area (Å²) in [6.45, 7) is 9.70. The third-order valence-electron chi connectivity index (χ3n) is 5.65. The van der Waals surface area contributed by atoms with E-state index in [1.807, 2.05) is 0 Å². The summed E-state index contributed by atoms with van der Waals surface area (Å²) in [6, 6.07) is 1.42. The van der Waals surface area contributed by atoms with Crippen LogP contribution in [0.3, 0.4) is 0 Å². The van der Waals surface area contributed by atoms with Crippen molar-refractivity contribution in [3.8, 4) is 0 Å². The second kappa shape index (κ2) is 7.94. The first kappa shape index (κ1) is 17.2. The van der Waals surface area contributed by atoms with Crippen LogP contribution in [0.15, 0.2) is 0 Å². The standard InChI is InChI=1S/C18H37N3/c1-16(2)19-14-18(10-6-5-7-11-18)15-21-12-8-17(9-13-21)20(3)4/h16-17,19H,5-15H2,1-4H3. The second-order valence-corrected chi connectivity index (χ2v) is 8.07. The van der Waals surface area contributed by atoms with Crippen LogP contribution >= 0.6 is 0 Å². The van der Waals surface area contributed by atoms with E-state index in [9.17, 15) is 0 Å². The third-order valence-corrected chi connectivity index (χ3v) is 5.65. The van der Waals surface area contributed by atoms with Crippen molar-refractivity contribution in [2.75, 3.05) is 40.3 Å². The molecule has 1 saturated carbocycles. The highest BCUT2D eigenvalue weighted by atomic mass is 15.2. The van der Waals surface area contributed by atoms with Crippen LogP contribution in [-0.2, 0) is 0 Å². The molecular formula is C18H37N3. The van der Waals surface area contributed by atoms with Gasteiger partial charge in [-0.1, -0.05) is 33.1 Å². The Labute approximate surface area is 132 Å². The fourth-order valence-corrected chi connectivity index (χ4v) is 4.18. The summed E-state index contributed by atoms with van der Waals surface area (Å²) in [5.74, 6) is 0. The Balaban J connectivity index is 1.87. The molecule has 0 bridgehead atoms. The molecule has 3 heteroatoms. The molecule has 2 aliphatic rings. The van der Waals surface area contributed by atoms with Crippen molar-refractivity contribution in [3.05, 3.63) is 0 Å². The summed E-state index contributed by atoms with van der Waals surface area (Å²) in [5.41, 5.74) is 0.549. The van der Waals surface area contributed by atoms with Gasteiger partial charge in [-0.25, -0.2) is 0 Å². The van der Waals surface area contributed by atoms with Crippen molar-refractivity contribution in [3.63, 3.8) is 0 Å². The van der Waals surface area contributed by atoms with E-state index < -0.39 is 0 Å². The smallest absolute Gasteiger partial charge is 0.0113 e. The Hall–Kier alpha value is -0.120. The summed E-state index contributed by atoms with van der Waals surface area (Å²) in [6.07, 6.45) is 9.88. The lowest BCUT2D eigenvalue weighted by Crippen LogP contribution is -2.50. The minimum atomic E-state index is 0.549. The maximum absolute atomic E-state index is 3.74. The van der Waals surface area contributed by atoms with Crippen molar-refractivity contribution < 1.29 is 0 Å². The predicted octanol–water partition coefficient (Wildman–Crippen LogP) is 2.96. The molecule has 0 radical (unpaired) electrons. The van der Waals surface area contributed by atoms with E-state index in [1.165, 1.54) is 71.1 Å². The Morgan fingerprint density at radius 1 is 1.10 bits per heavy atom. The molecule has 0 aromatic carbocycles. The van der Waals surface area contributed by atoms with Crippen LogP contribution in [0.25, 0.3) is 0 Å². The number of hydrogen-bond donors (Lipinski definition) is 1. The van der Waals surface area contributed by atoms with Crippen LogP contribution in [0, 0.1) is 5.41 Å². The number of rotatable bonds is 6. The van der Waals surface area contributed by atoms with Gasteiger partial charge in [-0.2, -0.15) is 0 Å². The minimum Gasteiger partial charge on any atom is -0.314 e. The summed E-state index contributed by atoms with van der Waals surface area (Å²) in [7, 11) is 4.46. The van der Waals surface area contributed by atoms with Gasteiger partial charge in [0.25, 0.3) is 0 Å². The van der Waals surface area contributed by atoms with Gasteiger partial charge in [0, 0.05) is 25.2 Å². The van der Waals surface area contributed by atoms with Crippen molar-refractivity contribution >= 4 is 0 Å². The highest BCUT2D eigenvalue weighted by Gasteiger charge is 2.35. The zero-order chi connectivity index (χ0) is 15.3. The molecule has 0 amide bonds. The first-order chi connectivity index (χ1) is 10.0. The molecule has 0 aromatic heterocycles. The summed E-state index contributed by atoms with van der Waals surface area (Å²) >= 11 is 0. The molecule has 1 N–H and O–H groups in total. The monoisotopic (exact) mass is 295 g/mol. The molecule has 0 unspecified atom stereocenters. The van der Waals surface area contributed by atoms with E-state index in [0.717, 1.165) is 6.04 Å². The predicted molar refractivity (Wildman–Crippen MR) is 91.8 cm³/mol. The fourth-order valence-electron chi connectivity index (χ4n) is 4.18. The lowest BCUT2D eigenvalue weighted by molar-refractivity contribution is 0.0678. The molecule has 124 valence electrons. The molecule has 2 rings (SSSR count). The highest BCUT2D eigenvalue weighted by molar-refractivity contribution is 4.90. The molecule has 2 fully saturated rings. The molecule has 3 nitrogen and oxygen atoms in total. The quantitative estimate of drug-likeness (QED) is 0.813. The molecule has 1 heterocycles. The van der Waals surface area contributed by atoms with Crippen molar-refractivity contribution in [1.82, 2.24) is 15.1 Å². The van der Waals surface area contributed by atoms with Gasteiger partial charge in [0.1, 0.15) is 0 Å². The van der Waals surface area contributed by atoms with Gasteiger partial charge in [0.05, 0.1) is 0 Å². The molecule has 1 aliphatic carbocycles. The van der Waals surface area contributed by atoms with Crippen LogP contribution in [0.2, 0.25) is 0 Å². The molecule has 0 aromatic rings. The maximum atomic E-state index is 3.74. The van der Waals surface area contributed by atoms with Crippen LogP contribution in [0.4, 0.5) is 0 Å². The van der Waals surface area contributed by atoms with Gasteiger partial charge < -0.3 is 15.1 Å². The molecular weight excluding hydrogens is 258 g/mol. The maximum Gasteiger partial charge on any atom is 0.0113 e. The van der Waals surface area contributed by atoms with E-state index >= 15 is 0 Å². The zero-order valence-corrected chi connectivity index (χ0v) is 14.8. The minimum absolute atomic E-state index is 0.549. The fraction of sp³-hybridized carbons (Fsp3) is 1.00. The largest absolute Gasteiger partial charge is 0.314 e. The van der Waals surface area contributed by atoms with Gasteiger partial charge in [-0.05, 0) is 58.3 Å². The number of hydrogen-bond acceptors (Lipinski definition) is 3. The summed E-state index contributed by atoms with van der Waals surface area (Å²) in [4.78, 5) is 5.17. The van der Waals surface area contributed by atoms with Gasteiger partial charge in [-0.15, -0.1) is 0 Å². The lowest BCUT2D eigenvalue weighted by Gasteiger charge is -2.44. The lowest BCUT2D eigenvalue weighted by atomic mass is 9.73. The average molecular weight is 296 g/mol. The molecule has 1 saturated heterocycles. The van der Waals surface area contributed by atoms with Gasteiger partial charge in [-0.3, -0.25) is 0 Å². The van der Waals surface area contributed by atoms with Crippen molar-refractivity contribution in [2.24, 2.45) is 5.41 Å². The Kier molecular flexibility index (Phi) is 6.51. The number of piperidine rings is 1. The summed E-state index contributed by atoms with van der Waals surface area (Å²) in [5, 5.41) is 3.74. The first-order valence-electron chi connectivity index (χ1n) is 9.13. The van der Waals surface area contributed by atoms with Gasteiger partial charge in [0.15, 0.2) is 0 Å². The molecule has 0 atom stereocenters. The molecule has 1 aliphatic heterocycles. The van der Waals surface area contributed by atoms with Crippen LogP contribution in [0.5, 0.6) is 0 Å². The Bertz CT molecular complexity index is 287. The Morgan fingerprint density at radius 2 is 1.71 bits per heavy atom. The number of likely N-dealkylation sites (tertiary alicyclic amines) is 1. The SMILES string of the molecule is CC(C)NCC1(CN2CCC(N(C)C)CC2)CCCCC1. The second-order valence-electron chi connectivity index (χ2n) is 8.07. The van der Waals surface area contributed by atoms with Gasteiger partial charge >= 0.3 is 0 Å². The number of nitrogens with zero attached hydrogens (tertiary/aromatic N) is 2. The Morgan fingerprint density at radius 3 is 2.24 bits per heavy atom. The first-order valence-corrected chi connectivity index (χ1v) is 9.13. The van der Waals surface area contributed by atoms with E-state index in [1.54, 1.807) is 0 Å². The third kappa shape index (κ3) is 5.22. The van der Waals surface area contributed by atoms with Crippen LogP contribution < -0.4 is 5.32 Å². The van der Waals surface area contributed by atoms with Crippen LogP contribution in [-0.4, -0.2) is 62.2 Å². The average Bonchev–Trinajstić information content (AvgIpc) is 2.47. The molecule has 0 spiro atoms. The van der Waals surface area contributed by atoms with Gasteiger partial charge in [0.2, 0.25) is 0 Å².